The molecule has 3 aromatic rings. The molecule has 3 nitrogen and oxygen atoms in total. The minimum absolute atomic E-state index is 0.0524. The summed E-state index contributed by atoms with van der Waals surface area (Å²) in [5.41, 5.74) is 6.52. The predicted octanol–water partition coefficient (Wildman–Crippen LogP) is 4.86. The SMILES string of the molecule is CCc1ccc(NC(=O)c2cccc3c4c([nH]c23)CCCC4)cc1. The molecule has 0 spiro atoms. The van der Waals surface area contributed by atoms with Crippen molar-refractivity contribution in [3.05, 3.63) is 64.8 Å². The number of benzene rings is 2. The fourth-order valence-corrected chi connectivity index (χ4v) is 3.64. The van der Waals surface area contributed by atoms with E-state index >= 15 is 0 Å². The van der Waals surface area contributed by atoms with Crippen molar-refractivity contribution in [3.8, 4) is 0 Å². The van der Waals surface area contributed by atoms with Crippen LogP contribution in [0.25, 0.3) is 10.9 Å². The van der Waals surface area contributed by atoms with Gasteiger partial charge in [0.2, 0.25) is 0 Å². The maximum absolute atomic E-state index is 12.8. The molecule has 4 rings (SSSR count). The maximum atomic E-state index is 12.8. The van der Waals surface area contributed by atoms with E-state index in [9.17, 15) is 4.79 Å². The van der Waals surface area contributed by atoms with E-state index in [1.165, 1.54) is 35.0 Å². The Balaban J connectivity index is 1.67. The fraction of sp³-hybridized carbons (Fsp3) is 0.286. The van der Waals surface area contributed by atoms with Gasteiger partial charge >= 0.3 is 0 Å². The van der Waals surface area contributed by atoms with Crippen LogP contribution in [0.5, 0.6) is 0 Å². The number of hydrogen-bond donors (Lipinski definition) is 2. The summed E-state index contributed by atoms with van der Waals surface area (Å²) in [4.78, 5) is 16.3. The first-order chi connectivity index (χ1) is 11.8. The largest absolute Gasteiger partial charge is 0.358 e. The molecule has 2 N–H and O–H groups in total. The van der Waals surface area contributed by atoms with E-state index in [2.05, 4.69) is 35.4 Å². The van der Waals surface area contributed by atoms with E-state index in [0.29, 0.717) is 0 Å². The van der Waals surface area contributed by atoms with Crippen molar-refractivity contribution in [1.82, 2.24) is 4.98 Å². The Morgan fingerprint density at radius 3 is 2.67 bits per heavy atom. The molecule has 0 unspecified atom stereocenters. The summed E-state index contributed by atoms with van der Waals surface area (Å²) in [7, 11) is 0. The Bertz CT molecular complexity index is 890. The van der Waals surface area contributed by atoms with Gasteiger partial charge in [0.15, 0.2) is 0 Å². The van der Waals surface area contributed by atoms with Crippen molar-refractivity contribution in [3.63, 3.8) is 0 Å². The van der Waals surface area contributed by atoms with Crippen LogP contribution in [-0.4, -0.2) is 10.9 Å². The number of hydrogen-bond acceptors (Lipinski definition) is 1. The van der Waals surface area contributed by atoms with Crippen molar-refractivity contribution in [1.29, 1.82) is 0 Å². The summed E-state index contributed by atoms with van der Waals surface area (Å²) in [5.74, 6) is -0.0524. The first kappa shape index (κ1) is 15.0. The summed E-state index contributed by atoms with van der Waals surface area (Å²) < 4.78 is 0. The average Bonchev–Trinajstić information content (AvgIpc) is 3.01. The second kappa shape index (κ2) is 6.16. The van der Waals surface area contributed by atoms with Crippen LogP contribution in [0.2, 0.25) is 0 Å². The standard InChI is InChI=1S/C21H22N2O/c1-2-14-10-12-15(13-11-14)22-21(24)18-8-5-7-17-16-6-3-4-9-19(16)23-20(17)18/h5,7-8,10-13,23H,2-4,6,9H2,1H3,(H,22,24). The third kappa shape index (κ3) is 2.60. The average molecular weight is 318 g/mol. The van der Waals surface area contributed by atoms with Crippen molar-refractivity contribution in [2.75, 3.05) is 5.32 Å². The minimum Gasteiger partial charge on any atom is -0.358 e. The van der Waals surface area contributed by atoms with Gasteiger partial charge in [-0.05, 0) is 61.4 Å². The molecule has 122 valence electrons. The van der Waals surface area contributed by atoms with Crippen LogP contribution >= 0.6 is 0 Å². The van der Waals surface area contributed by atoms with Crippen molar-refractivity contribution in [2.45, 2.75) is 39.0 Å². The lowest BCUT2D eigenvalue weighted by molar-refractivity contribution is 0.102. The molecule has 1 aliphatic carbocycles. The molecule has 1 heterocycles. The number of carbonyl (C=O) groups excluding carboxylic acids is 1. The van der Waals surface area contributed by atoms with Gasteiger partial charge in [0.25, 0.3) is 5.91 Å². The lowest BCUT2D eigenvalue weighted by Crippen LogP contribution is -2.12. The second-order valence-electron chi connectivity index (χ2n) is 6.52. The summed E-state index contributed by atoms with van der Waals surface area (Å²) in [6.07, 6.45) is 5.66. The molecule has 24 heavy (non-hydrogen) atoms. The Morgan fingerprint density at radius 2 is 1.88 bits per heavy atom. The Labute approximate surface area is 142 Å². The van der Waals surface area contributed by atoms with Gasteiger partial charge in [-0.2, -0.15) is 0 Å². The van der Waals surface area contributed by atoms with E-state index in [4.69, 9.17) is 0 Å². The zero-order valence-electron chi connectivity index (χ0n) is 14.0. The number of anilines is 1. The quantitative estimate of drug-likeness (QED) is 0.711. The molecule has 1 aliphatic rings. The number of aromatic nitrogens is 1. The minimum atomic E-state index is -0.0524. The van der Waals surface area contributed by atoms with Crippen molar-refractivity contribution >= 4 is 22.5 Å². The maximum Gasteiger partial charge on any atom is 0.257 e. The van der Waals surface area contributed by atoms with E-state index in [-0.39, 0.29) is 5.91 Å². The summed E-state index contributed by atoms with van der Waals surface area (Å²) >= 11 is 0. The van der Waals surface area contributed by atoms with Crippen LogP contribution < -0.4 is 5.32 Å². The number of carbonyl (C=O) groups is 1. The van der Waals surface area contributed by atoms with Crippen molar-refractivity contribution < 1.29 is 4.79 Å². The lowest BCUT2D eigenvalue weighted by atomic mass is 9.95. The Morgan fingerprint density at radius 1 is 1.08 bits per heavy atom. The summed E-state index contributed by atoms with van der Waals surface area (Å²) in [6.45, 7) is 2.13. The third-order valence-electron chi connectivity index (χ3n) is 5.00. The van der Waals surface area contributed by atoms with Crippen molar-refractivity contribution in [2.24, 2.45) is 0 Å². The van der Waals surface area contributed by atoms with Gasteiger partial charge in [-0.3, -0.25) is 4.79 Å². The second-order valence-corrected chi connectivity index (χ2v) is 6.52. The van der Waals surface area contributed by atoms with Gasteiger partial charge in [-0.15, -0.1) is 0 Å². The number of amides is 1. The number of para-hydroxylation sites is 1. The highest BCUT2D eigenvalue weighted by atomic mass is 16.1. The number of rotatable bonds is 3. The molecular weight excluding hydrogens is 296 g/mol. The highest BCUT2D eigenvalue weighted by Crippen LogP contribution is 2.31. The van der Waals surface area contributed by atoms with E-state index in [0.717, 1.165) is 36.0 Å². The Hall–Kier alpha value is -2.55. The van der Waals surface area contributed by atoms with Gasteiger partial charge in [0, 0.05) is 16.8 Å². The number of aromatic amines is 1. The van der Waals surface area contributed by atoms with Crippen LogP contribution in [0.1, 0.15) is 46.9 Å². The molecule has 0 saturated carbocycles. The first-order valence-corrected chi connectivity index (χ1v) is 8.79. The van der Waals surface area contributed by atoms with Crippen LogP contribution in [0, 0.1) is 0 Å². The molecule has 0 radical (unpaired) electrons. The van der Waals surface area contributed by atoms with Gasteiger partial charge in [0.05, 0.1) is 11.1 Å². The molecule has 0 fully saturated rings. The zero-order chi connectivity index (χ0) is 16.5. The van der Waals surface area contributed by atoms with Crippen LogP contribution in [0.15, 0.2) is 42.5 Å². The topological polar surface area (TPSA) is 44.9 Å². The first-order valence-electron chi connectivity index (χ1n) is 8.79. The molecule has 0 atom stereocenters. The predicted molar refractivity (Wildman–Crippen MR) is 98.7 cm³/mol. The number of fused-ring (bicyclic) bond motifs is 3. The highest BCUT2D eigenvalue weighted by molar-refractivity contribution is 6.12. The molecular formula is C21H22N2O. The van der Waals surface area contributed by atoms with Crippen LogP contribution in [-0.2, 0) is 19.3 Å². The summed E-state index contributed by atoms with van der Waals surface area (Å²) in [6, 6.07) is 14.1. The van der Waals surface area contributed by atoms with E-state index < -0.39 is 0 Å². The molecule has 3 heteroatoms. The van der Waals surface area contributed by atoms with Gasteiger partial charge < -0.3 is 10.3 Å². The molecule has 1 amide bonds. The molecule has 0 saturated heterocycles. The van der Waals surface area contributed by atoms with Crippen LogP contribution in [0.4, 0.5) is 5.69 Å². The Kier molecular flexibility index (Phi) is 3.85. The molecule has 2 aromatic carbocycles. The highest BCUT2D eigenvalue weighted by Gasteiger charge is 2.19. The normalized spacial score (nSPS) is 13.7. The third-order valence-corrected chi connectivity index (χ3v) is 5.00. The smallest absolute Gasteiger partial charge is 0.257 e. The molecule has 0 aliphatic heterocycles. The molecule has 1 aromatic heterocycles. The van der Waals surface area contributed by atoms with Gasteiger partial charge in [-0.25, -0.2) is 0 Å². The van der Waals surface area contributed by atoms with E-state index in [1.54, 1.807) is 0 Å². The lowest BCUT2D eigenvalue weighted by Gasteiger charge is -2.10. The van der Waals surface area contributed by atoms with Gasteiger partial charge in [0.1, 0.15) is 0 Å². The van der Waals surface area contributed by atoms with Gasteiger partial charge in [-0.1, -0.05) is 31.2 Å². The number of aryl methyl sites for hydroxylation is 3. The monoisotopic (exact) mass is 318 g/mol. The van der Waals surface area contributed by atoms with Crippen LogP contribution in [0.3, 0.4) is 0 Å². The molecule has 0 bridgehead atoms. The van der Waals surface area contributed by atoms with E-state index in [1.807, 2.05) is 24.3 Å². The number of H-pyrrole nitrogens is 1. The zero-order valence-corrected chi connectivity index (χ0v) is 14.0. The number of nitrogens with one attached hydrogen (secondary N) is 2. The fourth-order valence-electron chi connectivity index (χ4n) is 3.64. The summed E-state index contributed by atoms with van der Waals surface area (Å²) in [5, 5.41) is 4.23.